The predicted molar refractivity (Wildman–Crippen MR) is 73.2 cm³/mol. The molecule has 0 aliphatic carbocycles. The summed E-state index contributed by atoms with van der Waals surface area (Å²) >= 11 is 5.94. The molecule has 0 radical (unpaired) electrons. The molecule has 0 bridgehead atoms. The van der Waals surface area contributed by atoms with E-state index in [9.17, 15) is 0 Å². The standard InChI is InChI=1S/C14H22ClNO/c1-14(2,3)13(7-8-17)16-10-11-5-4-6-12(15)9-11/h4-6,9,13,16-17H,7-8,10H2,1-3H3. The second kappa shape index (κ2) is 6.39. The van der Waals surface area contributed by atoms with E-state index in [1.54, 1.807) is 0 Å². The lowest BCUT2D eigenvalue weighted by Crippen LogP contribution is -2.40. The van der Waals surface area contributed by atoms with Crippen LogP contribution in [-0.2, 0) is 6.54 Å². The lowest BCUT2D eigenvalue weighted by molar-refractivity contribution is 0.196. The second-order valence-corrected chi connectivity index (χ2v) is 5.88. The van der Waals surface area contributed by atoms with E-state index in [1.807, 2.05) is 18.2 Å². The third-order valence-electron chi connectivity index (χ3n) is 2.90. The van der Waals surface area contributed by atoms with E-state index >= 15 is 0 Å². The van der Waals surface area contributed by atoms with E-state index in [0.717, 1.165) is 18.0 Å². The molecule has 3 heteroatoms. The number of nitrogens with one attached hydrogen (secondary N) is 1. The molecule has 0 aromatic heterocycles. The Morgan fingerprint density at radius 1 is 1.35 bits per heavy atom. The van der Waals surface area contributed by atoms with E-state index in [1.165, 1.54) is 5.56 Å². The Morgan fingerprint density at radius 3 is 2.59 bits per heavy atom. The van der Waals surface area contributed by atoms with Crippen molar-refractivity contribution in [2.45, 2.75) is 39.8 Å². The number of hydrogen-bond donors (Lipinski definition) is 2. The molecular formula is C14H22ClNO. The largest absolute Gasteiger partial charge is 0.396 e. The Morgan fingerprint density at radius 2 is 2.06 bits per heavy atom. The lowest BCUT2D eigenvalue weighted by atomic mass is 9.85. The highest BCUT2D eigenvalue weighted by Gasteiger charge is 2.23. The van der Waals surface area contributed by atoms with Crippen LogP contribution in [0.25, 0.3) is 0 Å². The third-order valence-corrected chi connectivity index (χ3v) is 3.14. The first-order chi connectivity index (χ1) is 7.93. The average molecular weight is 256 g/mol. The van der Waals surface area contributed by atoms with Crippen molar-refractivity contribution in [1.29, 1.82) is 0 Å². The fourth-order valence-electron chi connectivity index (χ4n) is 1.86. The molecule has 17 heavy (non-hydrogen) atoms. The van der Waals surface area contributed by atoms with Crippen LogP contribution < -0.4 is 5.32 Å². The van der Waals surface area contributed by atoms with Gasteiger partial charge in [-0.3, -0.25) is 0 Å². The normalized spacial score (nSPS) is 13.7. The summed E-state index contributed by atoms with van der Waals surface area (Å²) in [6.07, 6.45) is 0.768. The highest BCUT2D eigenvalue weighted by atomic mass is 35.5. The maximum absolute atomic E-state index is 9.08. The highest BCUT2D eigenvalue weighted by molar-refractivity contribution is 6.30. The van der Waals surface area contributed by atoms with Gasteiger partial charge in [-0.2, -0.15) is 0 Å². The first kappa shape index (κ1) is 14.5. The van der Waals surface area contributed by atoms with E-state index in [0.29, 0.717) is 6.04 Å². The van der Waals surface area contributed by atoms with Gasteiger partial charge in [0.05, 0.1) is 0 Å². The molecule has 0 heterocycles. The minimum Gasteiger partial charge on any atom is -0.396 e. The molecule has 1 atom stereocenters. The van der Waals surface area contributed by atoms with Gasteiger partial charge in [0, 0.05) is 24.2 Å². The predicted octanol–water partition coefficient (Wildman–Crippen LogP) is 3.23. The number of aliphatic hydroxyl groups excluding tert-OH is 1. The molecule has 1 aromatic carbocycles. The van der Waals surface area contributed by atoms with Crippen LogP contribution in [-0.4, -0.2) is 17.8 Å². The van der Waals surface area contributed by atoms with Crippen LogP contribution in [0, 0.1) is 5.41 Å². The highest BCUT2D eigenvalue weighted by Crippen LogP contribution is 2.22. The van der Waals surface area contributed by atoms with Crippen LogP contribution in [0.4, 0.5) is 0 Å². The van der Waals surface area contributed by atoms with Crippen molar-refractivity contribution in [1.82, 2.24) is 5.32 Å². The van der Waals surface area contributed by atoms with E-state index in [2.05, 4.69) is 32.2 Å². The molecule has 0 spiro atoms. The summed E-state index contributed by atoms with van der Waals surface area (Å²) in [5.74, 6) is 0. The quantitative estimate of drug-likeness (QED) is 0.847. The number of halogens is 1. The minimum atomic E-state index is 0.140. The summed E-state index contributed by atoms with van der Waals surface area (Å²) in [4.78, 5) is 0. The average Bonchev–Trinajstić information content (AvgIpc) is 2.22. The van der Waals surface area contributed by atoms with E-state index in [-0.39, 0.29) is 12.0 Å². The molecule has 0 saturated heterocycles. The number of rotatable bonds is 5. The van der Waals surface area contributed by atoms with Crippen LogP contribution >= 0.6 is 11.6 Å². The van der Waals surface area contributed by atoms with Gasteiger partial charge in [0.15, 0.2) is 0 Å². The van der Waals surface area contributed by atoms with Gasteiger partial charge < -0.3 is 10.4 Å². The summed E-state index contributed by atoms with van der Waals surface area (Å²) in [6, 6.07) is 8.15. The zero-order valence-electron chi connectivity index (χ0n) is 10.8. The van der Waals surface area contributed by atoms with Crippen LogP contribution in [0.15, 0.2) is 24.3 Å². The first-order valence-corrected chi connectivity index (χ1v) is 6.40. The molecule has 2 nitrogen and oxygen atoms in total. The molecule has 1 aromatic rings. The zero-order chi connectivity index (χ0) is 12.9. The van der Waals surface area contributed by atoms with Crippen molar-refractivity contribution < 1.29 is 5.11 Å². The molecule has 96 valence electrons. The van der Waals surface area contributed by atoms with Crippen molar-refractivity contribution in [3.8, 4) is 0 Å². The number of aliphatic hydroxyl groups is 1. The molecular weight excluding hydrogens is 234 g/mol. The molecule has 0 amide bonds. The summed E-state index contributed by atoms with van der Waals surface area (Å²) in [6.45, 7) is 7.53. The summed E-state index contributed by atoms with van der Waals surface area (Å²) in [7, 11) is 0. The number of hydrogen-bond acceptors (Lipinski definition) is 2. The molecule has 0 aliphatic rings. The van der Waals surface area contributed by atoms with Gasteiger partial charge in [0.1, 0.15) is 0 Å². The molecule has 2 N–H and O–H groups in total. The molecule has 1 rings (SSSR count). The fourth-order valence-corrected chi connectivity index (χ4v) is 2.07. The molecule has 1 unspecified atom stereocenters. The Balaban J connectivity index is 2.58. The van der Waals surface area contributed by atoms with Crippen molar-refractivity contribution in [3.05, 3.63) is 34.9 Å². The lowest BCUT2D eigenvalue weighted by Gasteiger charge is -2.31. The Kier molecular flexibility index (Phi) is 5.44. The SMILES string of the molecule is CC(C)(C)C(CCO)NCc1cccc(Cl)c1. The van der Waals surface area contributed by atoms with Crippen molar-refractivity contribution >= 4 is 11.6 Å². The van der Waals surface area contributed by atoms with Crippen LogP contribution in [0.1, 0.15) is 32.8 Å². The van der Waals surface area contributed by atoms with Crippen LogP contribution in [0.5, 0.6) is 0 Å². The second-order valence-electron chi connectivity index (χ2n) is 5.44. The maximum Gasteiger partial charge on any atom is 0.0446 e. The molecule has 0 aliphatic heterocycles. The molecule has 0 fully saturated rings. The maximum atomic E-state index is 9.08. The van der Waals surface area contributed by atoms with Gasteiger partial charge in [0.2, 0.25) is 0 Å². The van der Waals surface area contributed by atoms with Gasteiger partial charge in [-0.15, -0.1) is 0 Å². The zero-order valence-corrected chi connectivity index (χ0v) is 11.6. The first-order valence-electron chi connectivity index (χ1n) is 6.02. The smallest absolute Gasteiger partial charge is 0.0446 e. The Hall–Kier alpha value is -0.570. The van der Waals surface area contributed by atoms with E-state index in [4.69, 9.17) is 16.7 Å². The van der Waals surface area contributed by atoms with Crippen molar-refractivity contribution in [3.63, 3.8) is 0 Å². The topological polar surface area (TPSA) is 32.3 Å². The summed E-state index contributed by atoms with van der Waals surface area (Å²) < 4.78 is 0. The van der Waals surface area contributed by atoms with Gasteiger partial charge in [-0.1, -0.05) is 44.5 Å². The monoisotopic (exact) mass is 255 g/mol. The Labute approximate surface area is 109 Å². The Bertz CT molecular complexity index is 346. The minimum absolute atomic E-state index is 0.140. The summed E-state index contributed by atoms with van der Waals surface area (Å²) in [5.41, 5.74) is 1.31. The summed E-state index contributed by atoms with van der Waals surface area (Å²) in [5, 5.41) is 13.3. The van der Waals surface area contributed by atoms with Gasteiger partial charge >= 0.3 is 0 Å². The van der Waals surface area contributed by atoms with Gasteiger partial charge in [-0.25, -0.2) is 0 Å². The fraction of sp³-hybridized carbons (Fsp3) is 0.571. The van der Waals surface area contributed by atoms with Crippen LogP contribution in [0.2, 0.25) is 5.02 Å². The van der Waals surface area contributed by atoms with Crippen molar-refractivity contribution in [2.24, 2.45) is 5.41 Å². The van der Waals surface area contributed by atoms with E-state index < -0.39 is 0 Å². The van der Waals surface area contributed by atoms with Crippen LogP contribution in [0.3, 0.4) is 0 Å². The van der Waals surface area contributed by atoms with Gasteiger partial charge in [0.25, 0.3) is 0 Å². The third kappa shape index (κ3) is 5.07. The van der Waals surface area contributed by atoms with Crippen molar-refractivity contribution in [2.75, 3.05) is 6.61 Å². The number of benzene rings is 1. The molecule has 0 saturated carbocycles. The van der Waals surface area contributed by atoms with Gasteiger partial charge in [-0.05, 0) is 29.5 Å².